The predicted octanol–water partition coefficient (Wildman–Crippen LogP) is -0.886. The van der Waals surface area contributed by atoms with Crippen LogP contribution in [-0.2, 0) is 47.6 Å². The number of likely N-dealkylation sites (N-methyl/N-ethyl adjacent to an activating group) is 1. The lowest BCUT2D eigenvalue weighted by Crippen LogP contribution is -2.63. The quantitative estimate of drug-likeness (QED) is 0.138. The number of ether oxygens (including phenoxy) is 6. The summed E-state index contributed by atoms with van der Waals surface area (Å²) in [4.78, 5) is 47.5. The number of aliphatic hydroxyl groups is 1. The van der Waals surface area contributed by atoms with Gasteiger partial charge in [0.05, 0.1) is 14.1 Å². The summed E-state index contributed by atoms with van der Waals surface area (Å²) in [5, 5.41) is 9.81. The molecule has 1 heterocycles. The molecule has 33 heavy (non-hydrogen) atoms. The van der Waals surface area contributed by atoms with Crippen molar-refractivity contribution in [3.63, 3.8) is 0 Å². The molecule has 0 aliphatic carbocycles. The van der Waals surface area contributed by atoms with Crippen molar-refractivity contribution in [1.29, 1.82) is 0 Å². The number of esters is 4. The lowest BCUT2D eigenvalue weighted by Gasteiger charge is -2.44. The van der Waals surface area contributed by atoms with Crippen LogP contribution < -0.4 is 0 Å². The van der Waals surface area contributed by atoms with Gasteiger partial charge in [0.15, 0.2) is 31.1 Å². The number of carbonyl (C=O) groups excluding carboxylic acids is 4. The molecule has 0 aromatic heterocycles. The number of terminal acetylenes is 1. The van der Waals surface area contributed by atoms with E-state index in [2.05, 4.69) is 5.92 Å². The van der Waals surface area contributed by atoms with Gasteiger partial charge in [0.2, 0.25) is 6.29 Å². The first kappa shape index (κ1) is 28.3. The summed E-state index contributed by atoms with van der Waals surface area (Å²) in [5.41, 5.74) is 0. The third-order valence-corrected chi connectivity index (χ3v) is 4.32. The largest absolute Gasteiger partial charge is 0.463 e. The van der Waals surface area contributed by atoms with Gasteiger partial charge in [-0.25, -0.2) is 4.79 Å². The third kappa shape index (κ3) is 9.75. The molecule has 0 amide bonds. The fraction of sp³-hybridized carbons (Fsp3) is 0.714. The van der Waals surface area contributed by atoms with Crippen LogP contribution in [0.4, 0.5) is 0 Å². The van der Waals surface area contributed by atoms with Gasteiger partial charge in [-0.15, -0.1) is 6.42 Å². The van der Waals surface area contributed by atoms with Crippen LogP contribution in [0.25, 0.3) is 0 Å². The van der Waals surface area contributed by atoms with E-state index >= 15 is 0 Å². The highest BCUT2D eigenvalue weighted by Gasteiger charge is 2.53. The molecular weight excluding hydrogens is 442 g/mol. The van der Waals surface area contributed by atoms with Crippen molar-refractivity contribution >= 4 is 23.9 Å². The summed E-state index contributed by atoms with van der Waals surface area (Å²) in [6, 6.07) is 0. The second-order valence-electron chi connectivity index (χ2n) is 8.14. The van der Waals surface area contributed by atoms with E-state index in [9.17, 15) is 24.3 Å². The minimum absolute atomic E-state index is 0.115. The van der Waals surface area contributed by atoms with E-state index in [-0.39, 0.29) is 17.6 Å². The summed E-state index contributed by atoms with van der Waals surface area (Å²) in [5.74, 6) is -0.414. The predicted molar refractivity (Wildman–Crippen MR) is 110 cm³/mol. The highest BCUT2D eigenvalue weighted by Crippen LogP contribution is 2.30. The van der Waals surface area contributed by atoms with E-state index in [0.29, 0.717) is 0 Å². The van der Waals surface area contributed by atoms with Gasteiger partial charge >= 0.3 is 23.9 Å². The molecular formula is C21H32NO11+. The summed E-state index contributed by atoms with van der Waals surface area (Å²) >= 11 is 0. The molecule has 0 saturated carbocycles. The maximum atomic E-state index is 12.6. The Kier molecular flexibility index (Phi) is 10.7. The molecule has 0 spiro atoms. The van der Waals surface area contributed by atoms with Crippen molar-refractivity contribution in [3.05, 3.63) is 0 Å². The van der Waals surface area contributed by atoms with E-state index in [1.807, 2.05) is 0 Å². The first-order valence-electron chi connectivity index (χ1n) is 10.2. The fourth-order valence-corrected chi connectivity index (χ4v) is 3.16. The average molecular weight is 474 g/mol. The van der Waals surface area contributed by atoms with E-state index in [1.54, 1.807) is 14.1 Å². The molecule has 0 bridgehead atoms. The van der Waals surface area contributed by atoms with Crippen LogP contribution in [0.5, 0.6) is 0 Å². The van der Waals surface area contributed by atoms with Crippen LogP contribution in [0.1, 0.15) is 27.7 Å². The molecule has 3 unspecified atom stereocenters. The van der Waals surface area contributed by atoms with Gasteiger partial charge < -0.3 is 38.0 Å². The van der Waals surface area contributed by atoms with E-state index < -0.39 is 67.5 Å². The van der Waals surface area contributed by atoms with Crippen molar-refractivity contribution in [3.8, 4) is 12.3 Å². The Bertz CT molecular complexity index is 758. The number of hydrogen-bond acceptors (Lipinski definition) is 11. The molecule has 1 aliphatic rings. The zero-order chi connectivity index (χ0) is 25.3. The molecule has 1 aliphatic heterocycles. The molecule has 1 N–H and O–H groups in total. The number of nitrogens with zero attached hydrogens (tertiary/aromatic N) is 1. The second kappa shape index (κ2) is 12.5. The number of hydrogen-bond donors (Lipinski definition) is 1. The Morgan fingerprint density at radius 3 is 2.06 bits per heavy atom. The average Bonchev–Trinajstić information content (AvgIpc) is 2.63. The Hall–Kier alpha value is -2.72. The highest BCUT2D eigenvalue weighted by molar-refractivity contribution is 5.71. The Morgan fingerprint density at radius 2 is 1.58 bits per heavy atom. The summed E-state index contributed by atoms with van der Waals surface area (Å²) < 4.78 is 32.3. The molecule has 1 rings (SSSR count). The Labute approximate surface area is 192 Å². The minimum Gasteiger partial charge on any atom is -0.463 e. The second-order valence-corrected chi connectivity index (χ2v) is 8.14. The standard InChI is InChI=1S/C21H32NO11/c1-8-9-22(6,7)10-17(27)33-21-20(31-15(5)26)19(30-14(4)25)18(29-13(3)24)16(32-21)11-28-12(2)23/h1,15-16,18-21,26H,9-11H2,2-7H3/q+1/t15?,16?,18-,19+,20-,21?/m1/s1. The van der Waals surface area contributed by atoms with Gasteiger partial charge in [-0.3, -0.25) is 14.4 Å². The molecule has 12 nitrogen and oxygen atoms in total. The van der Waals surface area contributed by atoms with Crippen LogP contribution in [-0.4, -0.2) is 104 Å². The lowest BCUT2D eigenvalue weighted by molar-refractivity contribution is -0.875. The van der Waals surface area contributed by atoms with Crippen molar-refractivity contribution in [1.82, 2.24) is 0 Å². The summed E-state index contributed by atoms with van der Waals surface area (Å²) in [6.07, 6.45) is -2.78. The van der Waals surface area contributed by atoms with Crippen molar-refractivity contribution in [2.24, 2.45) is 0 Å². The molecule has 1 saturated heterocycles. The summed E-state index contributed by atoms with van der Waals surface area (Å²) in [6.45, 7) is 4.38. The van der Waals surface area contributed by atoms with Crippen LogP contribution in [0.3, 0.4) is 0 Å². The van der Waals surface area contributed by atoms with Crippen molar-refractivity contribution in [2.75, 3.05) is 33.8 Å². The first-order valence-corrected chi connectivity index (χ1v) is 10.2. The van der Waals surface area contributed by atoms with E-state index in [1.165, 1.54) is 6.92 Å². The van der Waals surface area contributed by atoms with Gasteiger partial charge in [0.25, 0.3) is 0 Å². The molecule has 0 radical (unpaired) electrons. The molecule has 0 aromatic rings. The molecule has 12 heteroatoms. The van der Waals surface area contributed by atoms with Crippen LogP contribution in [0, 0.1) is 12.3 Å². The lowest BCUT2D eigenvalue weighted by atomic mass is 9.98. The molecule has 1 fully saturated rings. The third-order valence-electron chi connectivity index (χ3n) is 4.32. The topological polar surface area (TPSA) is 144 Å². The Balaban J connectivity index is 3.30. The maximum absolute atomic E-state index is 12.6. The zero-order valence-corrected chi connectivity index (χ0v) is 19.6. The SMILES string of the molecule is C#CC[N+](C)(C)CC(=O)OC1OC(COC(C)=O)[C@@H](OC(C)=O)[C@H](OC(C)=O)[C@H]1OC(C)O. The number of carbonyl (C=O) groups is 4. The van der Waals surface area contributed by atoms with Gasteiger partial charge in [-0.2, -0.15) is 0 Å². The first-order chi connectivity index (χ1) is 15.3. The van der Waals surface area contributed by atoms with Gasteiger partial charge in [-0.1, -0.05) is 0 Å². The van der Waals surface area contributed by atoms with Crippen LogP contribution in [0.2, 0.25) is 0 Å². The highest BCUT2D eigenvalue weighted by atomic mass is 16.8. The minimum atomic E-state index is -1.50. The van der Waals surface area contributed by atoms with E-state index in [4.69, 9.17) is 34.8 Å². The number of quaternary nitrogens is 1. The van der Waals surface area contributed by atoms with E-state index in [0.717, 1.165) is 20.8 Å². The maximum Gasteiger partial charge on any atom is 0.364 e. The fourth-order valence-electron chi connectivity index (χ4n) is 3.16. The number of aliphatic hydroxyl groups excluding tert-OH is 1. The smallest absolute Gasteiger partial charge is 0.364 e. The normalized spacial score (nSPS) is 25.8. The monoisotopic (exact) mass is 474 g/mol. The Morgan fingerprint density at radius 1 is 1.00 bits per heavy atom. The van der Waals surface area contributed by atoms with Gasteiger partial charge in [-0.05, 0) is 12.8 Å². The van der Waals surface area contributed by atoms with Crippen molar-refractivity contribution < 1.29 is 57.2 Å². The summed E-state index contributed by atoms with van der Waals surface area (Å²) in [7, 11) is 3.43. The molecule has 186 valence electrons. The zero-order valence-electron chi connectivity index (χ0n) is 19.6. The van der Waals surface area contributed by atoms with Gasteiger partial charge in [0, 0.05) is 20.8 Å². The van der Waals surface area contributed by atoms with Crippen molar-refractivity contribution in [2.45, 2.75) is 64.7 Å². The molecule has 6 atom stereocenters. The van der Waals surface area contributed by atoms with Crippen LogP contribution in [0.15, 0.2) is 0 Å². The van der Waals surface area contributed by atoms with Crippen LogP contribution >= 0.6 is 0 Å². The van der Waals surface area contributed by atoms with Gasteiger partial charge in [0.1, 0.15) is 19.3 Å². The number of rotatable bonds is 10. The molecule has 0 aromatic carbocycles.